The summed E-state index contributed by atoms with van der Waals surface area (Å²) in [7, 11) is 0. The first-order valence-electron chi connectivity index (χ1n) is 42.5. The molecule has 12 heterocycles. The molecule has 0 bridgehead atoms. The number of aromatic nitrogens is 21. The fourth-order valence-electron chi connectivity index (χ4n) is 14.1. The van der Waals surface area contributed by atoms with Crippen LogP contribution in [0.4, 0.5) is 163 Å². The number of rotatable bonds is 23. The molecular formula is C92H73ClF24N26O3. The maximum atomic E-state index is 13.7. The van der Waals surface area contributed by atoms with Crippen LogP contribution >= 0.6 is 11.6 Å². The number of ether oxygens (including phenoxy) is 2. The third kappa shape index (κ3) is 26.7. The second kappa shape index (κ2) is 44.2. The number of pyridine rings is 2. The van der Waals surface area contributed by atoms with Crippen LogP contribution in [0.25, 0.3) is 67.8 Å². The van der Waals surface area contributed by atoms with Gasteiger partial charge in [-0.05, 0) is 181 Å². The Labute approximate surface area is 812 Å². The van der Waals surface area contributed by atoms with Gasteiger partial charge in [-0.1, -0.05) is 18.5 Å². The Kier molecular flexibility index (Phi) is 32.4. The second-order valence-electron chi connectivity index (χ2n) is 30.5. The lowest BCUT2D eigenvalue weighted by atomic mass is 10.1. The van der Waals surface area contributed by atoms with Gasteiger partial charge in [0.1, 0.15) is 57.8 Å². The summed E-state index contributed by atoms with van der Waals surface area (Å²) < 4.78 is 325. The average molecular weight is 2080 g/mol. The van der Waals surface area contributed by atoms with E-state index in [9.17, 15) is 110 Å². The number of aliphatic hydroxyl groups is 1. The van der Waals surface area contributed by atoms with Crippen LogP contribution in [-0.4, -0.2) is 121 Å². The average Bonchev–Trinajstić information content (AvgIpc) is 1.65. The number of alkyl halides is 23. The lowest BCUT2D eigenvalue weighted by Gasteiger charge is -2.11. The summed E-state index contributed by atoms with van der Waals surface area (Å²) in [6.45, 7) is 8.93. The van der Waals surface area contributed by atoms with E-state index in [0.717, 1.165) is 54.4 Å². The molecule has 12 aromatic heterocycles. The van der Waals surface area contributed by atoms with Gasteiger partial charge in [-0.2, -0.15) is 103 Å². The number of anilines is 10. The van der Waals surface area contributed by atoms with Crippen molar-refractivity contribution < 1.29 is 120 Å². The maximum Gasteiger partial charge on any atom is 0.573 e. The Hall–Kier alpha value is -16.4. The zero-order valence-electron chi connectivity index (χ0n) is 75.9. The summed E-state index contributed by atoms with van der Waals surface area (Å²) in [4.78, 5) is 54.5. The number of fused-ring (bicyclic) bond motifs is 2. The lowest BCUT2D eigenvalue weighted by Crippen LogP contribution is -2.16. The molecule has 29 nitrogen and oxygen atoms in total. The van der Waals surface area contributed by atoms with E-state index in [1.54, 1.807) is 37.6 Å². The number of nitrogens with one attached hydrogen (secondary N) is 5. The van der Waals surface area contributed by atoms with E-state index in [4.69, 9.17) is 11.6 Å². The molecule has 146 heavy (non-hydrogen) atoms. The highest BCUT2D eigenvalue weighted by molar-refractivity contribution is 6.31. The molecular weight excluding hydrogens is 2010 g/mol. The van der Waals surface area contributed by atoms with Gasteiger partial charge in [-0.3, -0.25) is 47.9 Å². The van der Waals surface area contributed by atoms with Crippen molar-refractivity contribution in [3.63, 3.8) is 0 Å². The summed E-state index contributed by atoms with van der Waals surface area (Å²) >= 11 is 6.08. The van der Waals surface area contributed by atoms with Gasteiger partial charge < -0.3 is 41.2 Å². The van der Waals surface area contributed by atoms with Gasteiger partial charge >= 0.3 is 50.0 Å². The molecule has 764 valence electrons. The van der Waals surface area contributed by atoms with Gasteiger partial charge in [0, 0.05) is 84.0 Å². The number of halogens is 25. The summed E-state index contributed by atoms with van der Waals surface area (Å²) in [5, 5.41) is 35.2. The van der Waals surface area contributed by atoms with Crippen LogP contribution in [0.2, 0.25) is 5.02 Å². The molecule has 5 aromatic carbocycles. The number of aliphatic hydroxyl groups excluding tert-OH is 1. The highest BCUT2D eigenvalue weighted by atomic mass is 35.5. The number of aryl methyl sites for hydroxylation is 4. The fourth-order valence-corrected chi connectivity index (χ4v) is 14.3. The molecule has 17 rings (SSSR count). The Bertz CT molecular complexity index is 7190. The van der Waals surface area contributed by atoms with Crippen molar-refractivity contribution in [3.8, 4) is 62.5 Å². The van der Waals surface area contributed by atoms with E-state index < -0.39 is 102 Å². The van der Waals surface area contributed by atoms with E-state index in [1.165, 1.54) is 192 Å². The summed E-state index contributed by atoms with van der Waals surface area (Å²) in [5.41, 5.74) is -0.640. The number of hydrogen-bond acceptors (Lipinski definition) is 24. The summed E-state index contributed by atoms with van der Waals surface area (Å²) in [6, 6.07) is 28.1. The molecule has 0 saturated carbocycles. The molecule has 6 N–H and O–H groups in total. The number of nitrogens with zero attached hydrogens (tertiary/aromatic N) is 21. The first-order chi connectivity index (χ1) is 68.9. The van der Waals surface area contributed by atoms with Crippen LogP contribution in [0.5, 0.6) is 11.5 Å². The Morgan fingerprint density at radius 1 is 0.390 bits per heavy atom. The topological polar surface area (TPSA) is 329 Å². The van der Waals surface area contributed by atoms with Gasteiger partial charge in [0.25, 0.3) is 0 Å². The Morgan fingerprint density at radius 3 is 1.07 bits per heavy atom. The minimum absolute atomic E-state index is 0.0113. The van der Waals surface area contributed by atoms with Crippen LogP contribution < -0.4 is 36.1 Å². The van der Waals surface area contributed by atoms with Crippen molar-refractivity contribution in [2.75, 3.05) is 26.6 Å². The zero-order chi connectivity index (χ0) is 106. The number of hydrogen-bond donors (Lipinski definition) is 6. The predicted molar refractivity (Wildman–Crippen MR) is 484 cm³/mol. The van der Waals surface area contributed by atoms with Crippen LogP contribution in [0.15, 0.2) is 214 Å². The minimum Gasteiger partial charge on any atom is -0.435 e. The van der Waals surface area contributed by atoms with E-state index >= 15 is 0 Å². The van der Waals surface area contributed by atoms with Gasteiger partial charge in [-0.25, -0.2) is 44.3 Å². The molecule has 0 unspecified atom stereocenters. The highest BCUT2D eigenvalue weighted by Crippen LogP contribution is 2.44. The highest BCUT2D eigenvalue weighted by Gasteiger charge is 2.43. The Morgan fingerprint density at radius 2 is 0.733 bits per heavy atom. The van der Waals surface area contributed by atoms with Crippen LogP contribution in [-0.2, 0) is 69.7 Å². The summed E-state index contributed by atoms with van der Waals surface area (Å²) in [5.74, 6) is 1.30. The van der Waals surface area contributed by atoms with Crippen LogP contribution in [0, 0.1) is 26.6 Å². The van der Waals surface area contributed by atoms with Gasteiger partial charge in [0.2, 0.25) is 0 Å². The van der Waals surface area contributed by atoms with Crippen molar-refractivity contribution in [3.05, 3.63) is 287 Å². The van der Waals surface area contributed by atoms with Crippen LogP contribution in [0.3, 0.4) is 0 Å². The molecule has 0 aliphatic carbocycles. The maximum absolute atomic E-state index is 13.7. The van der Waals surface area contributed by atoms with E-state index in [1.807, 2.05) is 6.92 Å². The van der Waals surface area contributed by atoms with E-state index in [-0.39, 0.29) is 105 Å². The predicted octanol–water partition coefficient (Wildman–Crippen LogP) is 25.2. The third-order valence-electron chi connectivity index (χ3n) is 20.6. The van der Waals surface area contributed by atoms with Crippen molar-refractivity contribution in [1.82, 2.24) is 103 Å². The Balaban J connectivity index is 0.000000153. The molecule has 0 aliphatic heterocycles. The normalized spacial score (nSPS) is 11.9. The summed E-state index contributed by atoms with van der Waals surface area (Å²) in [6.07, 6.45) is -15.4. The molecule has 0 radical (unpaired) electrons. The van der Waals surface area contributed by atoms with Gasteiger partial charge in [0.15, 0.2) is 34.4 Å². The standard InChI is InChI=1S/C19H14ClF3N6.C19H13F4N5O.C18H15F6N5O.C18H15F6N5.C18H16F5N5O/c1-2-16-28-18-14(7-12(20)8-25-18)29(16)17-10-24-9-15(27-17)26-13-5-3-11(4-6-13)19(21,22)23;20-12-3-6-17-27-15(10-29)18(28(17)9-12)14-7-24-8-16(26-14)25-13-4-1-11(2-5-13)19(21,22)23;1-3-29-10(2)15(16(28-29)17(19,20)21)13-8-25-9-14(27-13)26-11-4-6-12(7-5-11)30-18(22,23)24;1-3-29-10(2)15(16(28-29)18(22,23)24)13-8-25-9-14(27-13)26-12-6-4-11(5-7-12)17(19,20)21;1-3-28-10(2)15(16(27-28)18(21,22)23)13-8-24-9-14(26-13)25-11-4-6-12(7-5-11)29-17(19)20/h3-10H,2H2,1H3,(H,26,27);1-9,29H,10H2,(H,25,26);4-9H,3H2,1-2H3,(H,26,27);4-9H,3H2,1-2H3,(H,26,27);4-9,17H,3H2,1-2H3,(H,25,26). The monoisotopic (exact) mass is 2080 g/mol. The lowest BCUT2D eigenvalue weighted by molar-refractivity contribution is -0.274. The third-order valence-corrected chi connectivity index (χ3v) is 20.8. The van der Waals surface area contributed by atoms with E-state index in [2.05, 4.69) is 116 Å². The molecule has 0 amide bonds. The smallest absolute Gasteiger partial charge is 0.435 e. The number of benzene rings is 5. The molecule has 0 aliphatic rings. The van der Waals surface area contributed by atoms with Gasteiger partial charge in [-0.15, -0.1) is 13.2 Å². The largest absolute Gasteiger partial charge is 0.573 e. The molecule has 0 fully saturated rings. The first-order valence-corrected chi connectivity index (χ1v) is 42.9. The van der Waals surface area contributed by atoms with Crippen molar-refractivity contribution in [2.24, 2.45) is 0 Å². The molecule has 0 spiro atoms. The van der Waals surface area contributed by atoms with Gasteiger partial charge in [0.05, 0.1) is 141 Å². The first kappa shape index (κ1) is 107. The zero-order valence-corrected chi connectivity index (χ0v) is 76.7. The van der Waals surface area contributed by atoms with E-state index in [0.29, 0.717) is 79.7 Å². The minimum atomic E-state index is -4.81. The molecule has 17 aromatic rings. The fraction of sp³-hybridized carbons (Fsp3) is 0.217. The second-order valence-corrected chi connectivity index (χ2v) is 30.9. The molecule has 54 heteroatoms. The van der Waals surface area contributed by atoms with Crippen molar-refractivity contribution in [1.29, 1.82) is 0 Å². The SMILES string of the molecule is CCc1nc2ncc(Cl)cc2n1-c1cncc(Nc2ccc(C(F)(F)F)cc2)n1.CCn1nc(C(F)(F)F)c(-c2cncc(Nc3ccc(C(F)(F)F)cc3)n2)c1C.CCn1nc(C(F)(F)F)c(-c2cncc(Nc3ccc(OC(F)(F)F)cc3)n2)c1C.CCn1nc(C(F)(F)F)c(-c2cncc(Nc3ccc(OC(F)F)cc3)n2)c1C.OCc1nc2ccc(F)cn2c1-c1cncc(Nc2ccc(C(F)(F)F)cc2)n1. The quantitative estimate of drug-likeness (QED) is 0.0324. The molecule has 0 atom stereocenters. The van der Waals surface area contributed by atoms with Crippen molar-refractivity contribution >= 4 is 85.9 Å². The molecule has 0 saturated heterocycles. The van der Waals surface area contributed by atoms with Crippen molar-refractivity contribution in [2.45, 2.75) is 131 Å². The number of imidazole rings is 2. The van der Waals surface area contributed by atoms with Crippen LogP contribution in [0.1, 0.15) is 90.1 Å².